The van der Waals surface area contributed by atoms with Crippen LogP contribution in [0.15, 0.2) is 0 Å². The fraction of sp³-hybridized carbons (Fsp3) is 1.00. The number of rotatable bonds is 3. The minimum atomic E-state index is 0.668. The molecule has 2 unspecified atom stereocenters. The lowest BCUT2D eigenvalue weighted by atomic mass is 10.1. The monoisotopic (exact) mass is 241 g/mol. The summed E-state index contributed by atoms with van der Waals surface area (Å²) in [4.78, 5) is 5.17. The van der Waals surface area contributed by atoms with Gasteiger partial charge in [0.2, 0.25) is 0 Å². The first-order valence-corrected chi connectivity index (χ1v) is 7.00. The highest BCUT2D eigenvalue weighted by Gasteiger charge is 2.21. The van der Waals surface area contributed by atoms with E-state index in [1.165, 1.54) is 26.2 Å². The van der Waals surface area contributed by atoms with Gasteiger partial charge in [-0.1, -0.05) is 6.92 Å². The van der Waals surface area contributed by atoms with Gasteiger partial charge in [-0.25, -0.2) is 0 Å². The van der Waals surface area contributed by atoms with Crippen LogP contribution >= 0.6 is 0 Å². The second kappa shape index (κ2) is 6.69. The van der Waals surface area contributed by atoms with Crippen molar-refractivity contribution in [1.29, 1.82) is 0 Å². The second-order valence-corrected chi connectivity index (χ2v) is 5.56. The Balaban J connectivity index is 1.75. The van der Waals surface area contributed by atoms with Crippen molar-refractivity contribution in [3.05, 3.63) is 0 Å². The van der Waals surface area contributed by atoms with Gasteiger partial charge in [-0.05, 0) is 19.4 Å². The zero-order valence-electron chi connectivity index (χ0n) is 11.3. The average molecular weight is 241 g/mol. The van der Waals surface area contributed by atoms with Crippen molar-refractivity contribution in [2.45, 2.75) is 19.9 Å². The third-order valence-corrected chi connectivity index (χ3v) is 3.91. The highest BCUT2D eigenvalue weighted by atomic mass is 16.5. The van der Waals surface area contributed by atoms with Crippen molar-refractivity contribution in [2.75, 3.05) is 59.0 Å². The zero-order valence-corrected chi connectivity index (χ0v) is 11.3. The minimum Gasteiger partial charge on any atom is -0.379 e. The topological polar surface area (TPSA) is 27.7 Å². The summed E-state index contributed by atoms with van der Waals surface area (Å²) in [6.45, 7) is 14.6. The molecule has 2 aliphatic heterocycles. The predicted octanol–water partition coefficient (Wildman–Crippen LogP) is 0.248. The number of hydrogen-bond acceptors (Lipinski definition) is 4. The average Bonchev–Trinajstić information content (AvgIpc) is 2.50. The summed E-state index contributed by atoms with van der Waals surface area (Å²) in [7, 11) is 0. The summed E-state index contributed by atoms with van der Waals surface area (Å²) < 4.78 is 5.38. The smallest absolute Gasteiger partial charge is 0.0594 e. The lowest BCUT2D eigenvalue weighted by Gasteiger charge is -2.32. The van der Waals surface area contributed by atoms with Crippen molar-refractivity contribution in [2.24, 2.45) is 5.92 Å². The van der Waals surface area contributed by atoms with Crippen molar-refractivity contribution >= 4 is 0 Å². The maximum Gasteiger partial charge on any atom is 0.0594 e. The van der Waals surface area contributed by atoms with Crippen LogP contribution in [0.25, 0.3) is 0 Å². The highest BCUT2D eigenvalue weighted by Crippen LogP contribution is 2.08. The molecule has 2 rings (SSSR count). The van der Waals surface area contributed by atoms with Gasteiger partial charge >= 0.3 is 0 Å². The van der Waals surface area contributed by atoms with Crippen LogP contribution < -0.4 is 5.32 Å². The Kier molecular flexibility index (Phi) is 5.22. The Labute approximate surface area is 105 Å². The Morgan fingerprint density at radius 3 is 2.65 bits per heavy atom. The summed E-state index contributed by atoms with van der Waals surface area (Å²) in [6, 6.07) is 0.668. The van der Waals surface area contributed by atoms with E-state index in [0.717, 1.165) is 38.8 Å². The molecule has 4 heteroatoms. The molecule has 2 atom stereocenters. The first kappa shape index (κ1) is 13.3. The normalized spacial score (nSPS) is 33.5. The van der Waals surface area contributed by atoms with Gasteiger partial charge in [0.1, 0.15) is 0 Å². The van der Waals surface area contributed by atoms with Crippen LogP contribution in [0.4, 0.5) is 0 Å². The molecule has 0 spiro atoms. The number of morpholine rings is 1. The van der Waals surface area contributed by atoms with Crippen molar-refractivity contribution < 1.29 is 4.74 Å². The first-order valence-electron chi connectivity index (χ1n) is 7.00. The Morgan fingerprint density at radius 2 is 1.88 bits per heavy atom. The fourth-order valence-corrected chi connectivity index (χ4v) is 2.72. The van der Waals surface area contributed by atoms with E-state index >= 15 is 0 Å². The van der Waals surface area contributed by atoms with E-state index in [1.807, 2.05) is 0 Å². The molecule has 100 valence electrons. The quantitative estimate of drug-likeness (QED) is 0.766. The molecule has 0 aromatic carbocycles. The van der Waals surface area contributed by atoms with Crippen LogP contribution in [0.3, 0.4) is 0 Å². The molecule has 0 radical (unpaired) electrons. The van der Waals surface area contributed by atoms with E-state index in [-0.39, 0.29) is 0 Å². The van der Waals surface area contributed by atoms with E-state index in [2.05, 4.69) is 29.0 Å². The van der Waals surface area contributed by atoms with Gasteiger partial charge in [-0.3, -0.25) is 9.80 Å². The van der Waals surface area contributed by atoms with Gasteiger partial charge in [0, 0.05) is 45.3 Å². The summed E-state index contributed by atoms with van der Waals surface area (Å²) >= 11 is 0. The summed E-state index contributed by atoms with van der Waals surface area (Å²) in [5.41, 5.74) is 0. The zero-order chi connectivity index (χ0) is 12.1. The van der Waals surface area contributed by atoms with Crippen LogP contribution in [0.2, 0.25) is 0 Å². The molecule has 1 N–H and O–H groups in total. The third kappa shape index (κ3) is 4.21. The molecule has 2 fully saturated rings. The molecule has 2 saturated heterocycles. The number of nitrogens with zero attached hydrogens (tertiary/aromatic N) is 2. The van der Waals surface area contributed by atoms with Gasteiger partial charge in [0.05, 0.1) is 13.2 Å². The largest absolute Gasteiger partial charge is 0.379 e. The first-order chi connectivity index (χ1) is 8.25. The molecule has 0 bridgehead atoms. The molecule has 0 amide bonds. The van der Waals surface area contributed by atoms with Crippen molar-refractivity contribution in [3.8, 4) is 0 Å². The summed E-state index contributed by atoms with van der Waals surface area (Å²) in [5, 5.41) is 3.54. The lowest BCUT2D eigenvalue weighted by Crippen LogP contribution is -2.45. The molecular formula is C13H27N3O. The van der Waals surface area contributed by atoms with E-state index in [9.17, 15) is 0 Å². The van der Waals surface area contributed by atoms with Gasteiger partial charge in [0.25, 0.3) is 0 Å². The summed E-state index contributed by atoms with van der Waals surface area (Å²) in [5.74, 6) is 0.768. The van der Waals surface area contributed by atoms with Crippen molar-refractivity contribution in [1.82, 2.24) is 15.1 Å². The van der Waals surface area contributed by atoms with Crippen LogP contribution in [-0.2, 0) is 4.74 Å². The molecule has 0 aromatic rings. The van der Waals surface area contributed by atoms with Crippen molar-refractivity contribution in [3.63, 3.8) is 0 Å². The van der Waals surface area contributed by atoms with Gasteiger partial charge in [0.15, 0.2) is 0 Å². The van der Waals surface area contributed by atoms with Crippen LogP contribution in [0, 0.1) is 5.92 Å². The van der Waals surface area contributed by atoms with E-state index in [4.69, 9.17) is 4.74 Å². The maximum atomic E-state index is 5.38. The number of ether oxygens (including phenoxy) is 1. The molecule has 2 aliphatic rings. The van der Waals surface area contributed by atoms with E-state index < -0.39 is 0 Å². The number of nitrogens with one attached hydrogen (secondary N) is 1. The molecule has 4 nitrogen and oxygen atoms in total. The molecule has 0 saturated carbocycles. The molecule has 0 aromatic heterocycles. The SMILES string of the molecule is CC1CNCC(C)N(CCN2CCOCC2)C1. The van der Waals surface area contributed by atoms with E-state index in [1.54, 1.807) is 0 Å². The standard InChI is InChI=1S/C13H27N3O/c1-12-9-14-10-13(2)16(11-12)4-3-15-5-7-17-8-6-15/h12-14H,3-11H2,1-2H3. The molecular weight excluding hydrogens is 214 g/mol. The van der Waals surface area contributed by atoms with Gasteiger partial charge in [-0.2, -0.15) is 0 Å². The molecule has 0 aliphatic carbocycles. The minimum absolute atomic E-state index is 0.668. The second-order valence-electron chi connectivity index (χ2n) is 5.56. The third-order valence-electron chi connectivity index (χ3n) is 3.91. The molecule has 2 heterocycles. The van der Waals surface area contributed by atoms with Gasteiger partial charge in [-0.15, -0.1) is 0 Å². The molecule has 17 heavy (non-hydrogen) atoms. The Bertz CT molecular complexity index is 219. The lowest BCUT2D eigenvalue weighted by molar-refractivity contribution is 0.0311. The maximum absolute atomic E-state index is 5.38. The highest BCUT2D eigenvalue weighted by molar-refractivity contribution is 4.78. The number of hydrogen-bond donors (Lipinski definition) is 1. The predicted molar refractivity (Wildman–Crippen MR) is 70.3 cm³/mol. The Hall–Kier alpha value is -0.160. The van der Waals surface area contributed by atoms with Crippen LogP contribution in [-0.4, -0.2) is 74.9 Å². The van der Waals surface area contributed by atoms with Crippen LogP contribution in [0.5, 0.6) is 0 Å². The van der Waals surface area contributed by atoms with Crippen LogP contribution in [0.1, 0.15) is 13.8 Å². The Morgan fingerprint density at radius 1 is 1.12 bits per heavy atom. The van der Waals surface area contributed by atoms with Gasteiger partial charge < -0.3 is 10.1 Å². The fourth-order valence-electron chi connectivity index (χ4n) is 2.72. The summed E-state index contributed by atoms with van der Waals surface area (Å²) in [6.07, 6.45) is 0. The van der Waals surface area contributed by atoms with E-state index in [0.29, 0.717) is 6.04 Å².